The molecular formula is C18H20N2O4. The van der Waals surface area contributed by atoms with Gasteiger partial charge in [-0.3, -0.25) is 9.59 Å². The average Bonchev–Trinajstić information content (AvgIpc) is 2.62. The summed E-state index contributed by atoms with van der Waals surface area (Å²) in [6.45, 7) is 0.885. The van der Waals surface area contributed by atoms with Gasteiger partial charge in [-0.25, -0.2) is 0 Å². The Morgan fingerprint density at radius 1 is 0.917 bits per heavy atom. The van der Waals surface area contributed by atoms with Crippen molar-refractivity contribution in [2.45, 2.75) is 0 Å². The van der Waals surface area contributed by atoms with E-state index in [1.54, 1.807) is 50.6 Å². The van der Waals surface area contributed by atoms with E-state index in [2.05, 4.69) is 10.6 Å². The van der Waals surface area contributed by atoms with Crippen LogP contribution in [0, 0.1) is 0 Å². The lowest BCUT2D eigenvalue weighted by Crippen LogP contribution is -2.27. The molecule has 2 N–H and O–H groups in total. The zero-order valence-corrected chi connectivity index (χ0v) is 13.7. The van der Waals surface area contributed by atoms with Crippen LogP contribution in [0.15, 0.2) is 48.5 Å². The molecule has 0 bridgehead atoms. The van der Waals surface area contributed by atoms with Crippen molar-refractivity contribution in [2.75, 3.05) is 32.7 Å². The Kier molecular flexibility index (Phi) is 6.33. The fraction of sp³-hybridized carbons (Fsp3) is 0.222. The lowest BCUT2D eigenvalue weighted by Gasteiger charge is -2.10. The van der Waals surface area contributed by atoms with Gasteiger partial charge in [-0.05, 0) is 36.4 Å². The van der Waals surface area contributed by atoms with Crippen LogP contribution in [0.25, 0.3) is 0 Å². The summed E-state index contributed by atoms with van der Waals surface area (Å²) >= 11 is 0. The fourth-order valence-corrected chi connectivity index (χ4v) is 2.08. The normalized spacial score (nSPS) is 10.1. The minimum atomic E-state index is -0.272. The van der Waals surface area contributed by atoms with Gasteiger partial charge in [0.2, 0.25) is 0 Å². The lowest BCUT2D eigenvalue weighted by molar-refractivity contribution is 0.0935. The molecule has 0 aliphatic heterocycles. The predicted molar refractivity (Wildman–Crippen MR) is 91.6 cm³/mol. The molecule has 6 nitrogen and oxygen atoms in total. The van der Waals surface area contributed by atoms with Gasteiger partial charge in [0.25, 0.3) is 11.8 Å². The molecule has 0 unspecified atom stereocenters. The van der Waals surface area contributed by atoms with E-state index in [4.69, 9.17) is 9.47 Å². The molecule has 0 aliphatic carbocycles. The number of benzene rings is 2. The smallest absolute Gasteiger partial charge is 0.255 e. The summed E-state index contributed by atoms with van der Waals surface area (Å²) in [5.74, 6) is 0.106. The van der Waals surface area contributed by atoms with E-state index < -0.39 is 0 Å². The summed E-state index contributed by atoms with van der Waals surface area (Å²) < 4.78 is 10.1. The number of amides is 2. The second-order valence-corrected chi connectivity index (χ2v) is 4.98. The van der Waals surface area contributed by atoms with Gasteiger partial charge >= 0.3 is 0 Å². The van der Waals surface area contributed by atoms with Crippen LogP contribution in [0.1, 0.15) is 20.7 Å². The van der Waals surface area contributed by atoms with Gasteiger partial charge in [0.1, 0.15) is 5.75 Å². The van der Waals surface area contributed by atoms with E-state index in [0.717, 1.165) is 0 Å². The van der Waals surface area contributed by atoms with Crippen molar-refractivity contribution in [3.8, 4) is 5.75 Å². The van der Waals surface area contributed by atoms with E-state index in [1.165, 1.54) is 0 Å². The Bertz CT molecular complexity index is 698. The maximum Gasteiger partial charge on any atom is 0.255 e. The molecule has 0 aromatic heterocycles. The molecule has 0 heterocycles. The maximum atomic E-state index is 12.3. The molecule has 24 heavy (non-hydrogen) atoms. The molecule has 0 aliphatic rings. The Morgan fingerprint density at radius 2 is 1.54 bits per heavy atom. The molecule has 2 aromatic rings. The highest BCUT2D eigenvalue weighted by Gasteiger charge is 2.11. The van der Waals surface area contributed by atoms with Crippen molar-refractivity contribution in [2.24, 2.45) is 0 Å². The SMILES string of the molecule is COCCNC(=O)c1ccc(C(=O)Nc2ccccc2OC)cc1. The number of rotatable bonds is 7. The summed E-state index contributed by atoms with van der Waals surface area (Å²) in [7, 11) is 3.11. The Balaban J connectivity index is 2.02. The number of hydrogen-bond donors (Lipinski definition) is 2. The van der Waals surface area contributed by atoms with Crippen molar-refractivity contribution in [1.29, 1.82) is 0 Å². The monoisotopic (exact) mass is 328 g/mol. The topological polar surface area (TPSA) is 76.7 Å². The van der Waals surface area contributed by atoms with Crippen molar-refractivity contribution >= 4 is 17.5 Å². The summed E-state index contributed by atoms with van der Waals surface area (Å²) in [5.41, 5.74) is 1.53. The van der Waals surface area contributed by atoms with Gasteiger partial charge in [0.05, 0.1) is 19.4 Å². The van der Waals surface area contributed by atoms with Gasteiger partial charge in [0, 0.05) is 24.8 Å². The number of para-hydroxylation sites is 2. The van der Waals surface area contributed by atoms with Gasteiger partial charge in [0.15, 0.2) is 0 Å². The Morgan fingerprint density at radius 3 is 2.17 bits per heavy atom. The fourth-order valence-electron chi connectivity index (χ4n) is 2.08. The number of nitrogens with one attached hydrogen (secondary N) is 2. The van der Waals surface area contributed by atoms with Gasteiger partial charge in [-0.2, -0.15) is 0 Å². The number of anilines is 1. The first-order valence-corrected chi connectivity index (χ1v) is 7.47. The first-order valence-electron chi connectivity index (χ1n) is 7.47. The zero-order chi connectivity index (χ0) is 17.4. The molecule has 0 spiro atoms. The molecule has 2 aromatic carbocycles. The lowest BCUT2D eigenvalue weighted by atomic mass is 10.1. The molecular weight excluding hydrogens is 308 g/mol. The quantitative estimate of drug-likeness (QED) is 0.765. The summed E-state index contributed by atoms with van der Waals surface area (Å²) in [4.78, 5) is 24.2. The van der Waals surface area contributed by atoms with Crippen LogP contribution in [-0.4, -0.2) is 39.2 Å². The molecule has 126 valence electrons. The first kappa shape index (κ1) is 17.5. The minimum absolute atomic E-state index is 0.205. The summed E-state index contributed by atoms with van der Waals surface area (Å²) in [6.07, 6.45) is 0. The first-order chi connectivity index (χ1) is 11.7. The standard InChI is InChI=1S/C18H20N2O4/c1-23-12-11-19-17(21)13-7-9-14(10-8-13)18(22)20-15-5-3-4-6-16(15)24-2/h3-10H,11-12H2,1-2H3,(H,19,21)(H,20,22). The molecule has 0 atom stereocenters. The highest BCUT2D eigenvalue weighted by molar-refractivity contribution is 6.05. The van der Waals surface area contributed by atoms with Gasteiger partial charge in [-0.15, -0.1) is 0 Å². The Labute approximate surface area is 140 Å². The van der Waals surface area contributed by atoms with E-state index >= 15 is 0 Å². The van der Waals surface area contributed by atoms with Crippen LogP contribution in [0.2, 0.25) is 0 Å². The summed E-state index contributed by atoms with van der Waals surface area (Å²) in [6, 6.07) is 13.6. The maximum absolute atomic E-state index is 12.3. The van der Waals surface area contributed by atoms with Crippen molar-refractivity contribution in [3.05, 3.63) is 59.7 Å². The molecule has 2 rings (SSSR count). The van der Waals surface area contributed by atoms with Crippen LogP contribution < -0.4 is 15.4 Å². The largest absolute Gasteiger partial charge is 0.495 e. The third kappa shape index (κ3) is 4.57. The van der Waals surface area contributed by atoms with E-state index in [-0.39, 0.29) is 11.8 Å². The third-order valence-electron chi connectivity index (χ3n) is 3.36. The average molecular weight is 328 g/mol. The van der Waals surface area contributed by atoms with E-state index in [1.807, 2.05) is 12.1 Å². The van der Waals surface area contributed by atoms with Crippen molar-refractivity contribution in [1.82, 2.24) is 5.32 Å². The molecule has 0 radical (unpaired) electrons. The van der Waals surface area contributed by atoms with Crippen LogP contribution in [0.3, 0.4) is 0 Å². The zero-order valence-electron chi connectivity index (χ0n) is 13.7. The number of hydrogen-bond acceptors (Lipinski definition) is 4. The highest BCUT2D eigenvalue weighted by Crippen LogP contribution is 2.23. The highest BCUT2D eigenvalue weighted by atomic mass is 16.5. The molecule has 6 heteroatoms. The van der Waals surface area contributed by atoms with E-state index in [0.29, 0.717) is 35.7 Å². The van der Waals surface area contributed by atoms with Crippen molar-refractivity contribution in [3.63, 3.8) is 0 Å². The Hall–Kier alpha value is -2.86. The van der Waals surface area contributed by atoms with Crippen molar-refractivity contribution < 1.29 is 19.1 Å². The second-order valence-electron chi connectivity index (χ2n) is 4.98. The molecule has 0 saturated carbocycles. The predicted octanol–water partition coefficient (Wildman–Crippen LogP) is 2.32. The number of carbonyl (C=O) groups excluding carboxylic acids is 2. The number of carbonyl (C=O) groups is 2. The van der Waals surface area contributed by atoms with Crippen LogP contribution in [0.5, 0.6) is 5.75 Å². The van der Waals surface area contributed by atoms with Gasteiger partial charge < -0.3 is 20.1 Å². The van der Waals surface area contributed by atoms with Crippen LogP contribution in [0.4, 0.5) is 5.69 Å². The number of ether oxygens (including phenoxy) is 2. The second kappa shape index (κ2) is 8.69. The molecule has 0 fully saturated rings. The van der Waals surface area contributed by atoms with Crippen LogP contribution in [-0.2, 0) is 4.74 Å². The molecule has 0 saturated heterocycles. The van der Waals surface area contributed by atoms with Gasteiger partial charge in [-0.1, -0.05) is 12.1 Å². The minimum Gasteiger partial charge on any atom is -0.495 e. The van der Waals surface area contributed by atoms with E-state index in [9.17, 15) is 9.59 Å². The number of methoxy groups -OCH3 is 2. The third-order valence-corrected chi connectivity index (χ3v) is 3.36. The molecule has 2 amide bonds. The van der Waals surface area contributed by atoms with Crippen LogP contribution >= 0.6 is 0 Å². The summed E-state index contributed by atoms with van der Waals surface area (Å²) in [5, 5.41) is 5.51.